The van der Waals surface area contributed by atoms with Crippen LogP contribution in [0.15, 0.2) is 0 Å². The normalized spacial score (nSPS) is 12.0. The zero-order valence-electron chi connectivity index (χ0n) is 16.5. The summed E-state index contributed by atoms with van der Waals surface area (Å²) in [6, 6.07) is 0. The largest absolute Gasteiger partial charge is 0.0654 e. The molecule has 0 radical (unpaired) electrons. The van der Waals surface area contributed by atoms with Crippen molar-refractivity contribution < 1.29 is 0 Å². The molecule has 0 heteroatoms. The zero-order valence-corrected chi connectivity index (χ0v) is 16.5. The maximum Gasteiger partial charge on any atom is -0.0354 e. The minimum Gasteiger partial charge on any atom is -0.0654 e. The van der Waals surface area contributed by atoms with Gasteiger partial charge in [-0.1, -0.05) is 124 Å². The van der Waals surface area contributed by atoms with Crippen LogP contribution in [0.1, 0.15) is 137 Å². The molecule has 0 aromatic carbocycles. The van der Waals surface area contributed by atoms with Gasteiger partial charge in [0.15, 0.2) is 0 Å². The van der Waals surface area contributed by atoms with Gasteiger partial charge in [-0.2, -0.15) is 0 Å². The fraction of sp³-hybridized carbons (Fsp3) is 1.00. The molecule has 0 heterocycles. The third-order valence-electron chi connectivity index (χ3n) is 5.16. The van der Waals surface area contributed by atoms with Gasteiger partial charge in [0.1, 0.15) is 0 Å². The van der Waals surface area contributed by atoms with Crippen molar-refractivity contribution in [1.82, 2.24) is 0 Å². The Hall–Kier alpha value is 0. The van der Waals surface area contributed by atoms with E-state index in [-0.39, 0.29) is 0 Å². The molecule has 0 nitrogen and oxygen atoms in total. The number of unbranched alkanes of at least 4 members (excludes halogenated alkanes) is 13. The van der Waals surface area contributed by atoms with Gasteiger partial charge in [-0.05, 0) is 18.3 Å². The molecule has 0 aliphatic rings. The average Bonchev–Trinajstić information content (AvgIpc) is 2.50. The van der Waals surface area contributed by atoms with Crippen LogP contribution in [-0.2, 0) is 0 Å². The van der Waals surface area contributed by atoms with Gasteiger partial charge in [0.2, 0.25) is 0 Å². The van der Waals surface area contributed by atoms with E-state index in [2.05, 4.69) is 27.7 Å². The van der Waals surface area contributed by atoms with Crippen molar-refractivity contribution in [2.45, 2.75) is 137 Å². The quantitative estimate of drug-likeness (QED) is 0.236. The van der Waals surface area contributed by atoms with Crippen LogP contribution in [0.25, 0.3) is 0 Å². The summed E-state index contributed by atoms with van der Waals surface area (Å²) in [5, 5.41) is 0. The maximum absolute atomic E-state index is 2.46. The number of hydrogen-bond acceptors (Lipinski definition) is 0. The van der Waals surface area contributed by atoms with Gasteiger partial charge in [-0.3, -0.25) is 0 Å². The summed E-state index contributed by atoms with van der Waals surface area (Å²) in [6.45, 7) is 9.53. The molecule has 0 atom stereocenters. The monoisotopic (exact) mass is 310 g/mol. The van der Waals surface area contributed by atoms with Crippen molar-refractivity contribution in [2.75, 3.05) is 0 Å². The molecular weight excluding hydrogens is 264 g/mol. The van der Waals surface area contributed by atoms with Gasteiger partial charge >= 0.3 is 0 Å². The molecule has 22 heavy (non-hydrogen) atoms. The Morgan fingerprint density at radius 3 is 1.14 bits per heavy atom. The number of rotatable bonds is 17. The molecule has 0 saturated carbocycles. The van der Waals surface area contributed by atoms with Crippen molar-refractivity contribution in [3.8, 4) is 0 Å². The molecule has 0 fully saturated rings. The highest BCUT2D eigenvalue weighted by molar-refractivity contribution is 4.68. The second-order valence-corrected chi connectivity index (χ2v) is 8.26. The summed E-state index contributed by atoms with van der Waals surface area (Å²) in [6.07, 6.45) is 24.6. The Balaban J connectivity index is 3.17. The summed E-state index contributed by atoms with van der Waals surface area (Å²) >= 11 is 0. The molecule has 0 aliphatic carbocycles. The molecule has 0 unspecified atom stereocenters. The van der Waals surface area contributed by atoms with Gasteiger partial charge in [-0.25, -0.2) is 0 Å². The fourth-order valence-corrected chi connectivity index (χ4v) is 3.40. The molecule has 0 bridgehead atoms. The second kappa shape index (κ2) is 15.9. The van der Waals surface area contributed by atoms with E-state index < -0.39 is 0 Å². The van der Waals surface area contributed by atoms with E-state index in [1.54, 1.807) is 0 Å². The van der Waals surface area contributed by atoms with E-state index in [1.807, 2.05) is 0 Å². The van der Waals surface area contributed by atoms with Crippen molar-refractivity contribution in [3.63, 3.8) is 0 Å². The topological polar surface area (TPSA) is 0 Å². The first-order valence-corrected chi connectivity index (χ1v) is 10.6. The molecule has 0 aliphatic heterocycles. The third kappa shape index (κ3) is 16.4. The smallest absolute Gasteiger partial charge is 0.0354 e. The summed E-state index contributed by atoms with van der Waals surface area (Å²) < 4.78 is 0. The summed E-state index contributed by atoms with van der Waals surface area (Å²) in [5.74, 6) is 0. The first-order chi connectivity index (χ1) is 10.6. The first kappa shape index (κ1) is 22.0. The number of hydrogen-bond donors (Lipinski definition) is 0. The first-order valence-electron chi connectivity index (χ1n) is 10.6. The van der Waals surface area contributed by atoms with Crippen molar-refractivity contribution >= 4 is 0 Å². The van der Waals surface area contributed by atoms with E-state index in [1.165, 1.54) is 109 Å². The molecule has 0 saturated heterocycles. The van der Waals surface area contributed by atoms with Crippen LogP contribution in [0.2, 0.25) is 0 Å². The highest BCUT2D eigenvalue weighted by atomic mass is 14.2. The van der Waals surface area contributed by atoms with Crippen LogP contribution in [0, 0.1) is 5.41 Å². The van der Waals surface area contributed by atoms with E-state index in [0.717, 1.165) is 0 Å². The van der Waals surface area contributed by atoms with E-state index in [4.69, 9.17) is 0 Å². The van der Waals surface area contributed by atoms with Crippen molar-refractivity contribution in [3.05, 3.63) is 0 Å². The lowest BCUT2D eigenvalue weighted by atomic mass is 9.82. The lowest BCUT2D eigenvalue weighted by Crippen LogP contribution is -2.10. The van der Waals surface area contributed by atoms with Gasteiger partial charge in [0.25, 0.3) is 0 Å². The average molecular weight is 311 g/mol. The zero-order chi connectivity index (χ0) is 16.5. The van der Waals surface area contributed by atoms with Crippen molar-refractivity contribution in [1.29, 1.82) is 0 Å². The molecule has 0 N–H and O–H groups in total. The van der Waals surface area contributed by atoms with Crippen LogP contribution in [0.3, 0.4) is 0 Å². The minimum atomic E-state index is 0.591. The Labute approximate surface area is 142 Å². The van der Waals surface area contributed by atoms with Crippen LogP contribution in [0.5, 0.6) is 0 Å². The fourth-order valence-electron chi connectivity index (χ4n) is 3.40. The Kier molecular flexibility index (Phi) is 15.9. The molecule has 0 amide bonds. The maximum atomic E-state index is 2.46. The van der Waals surface area contributed by atoms with Crippen molar-refractivity contribution in [2.24, 2.45) is 5.41 Å². The Morgan fingerprint density at radius 1 is 0.409 bits per heavy atom. The molecule has 0 aromatic rings. The Bertz CT molecular complexity index is 204. The van der Waals surface area contributed by atoms with Gasteiger partial charge in [-0.15, -0.1) is 0 Å². The highest BCUT2D eigenvalue weighted by Gasteiger charge is 2.15. The molecular formula is C22H46. The van der Waals surface area contributed by atoms with Crippen LogP contribution >= 0.6 is 0 Å². The predicted molar refractivity (Wildman–Crippen MR) is 104 cm³/mol. The second-order valence-electron chi connectivity index (χ2n) is 8.26. The molecule has 134 valence electrons. The SMILES string of the molecule is CCCCCCCCCCCCCCCC(C)(C)CCCC. The molecule has 0 rings (SSSR count). The standard InChI is InChI=1S/C22H46/c1-5-7-9-10-11-12-13-14-15-16-17-18-19-21-22(3,4)20-8-6-2/h5-21H2,1-4H3. The van der Waals surface area contributed by atoms with E-state index >= 15 is 0 Å². The summed E-state index contributed by atoms with van der Waals surface area (Å²) in [7, 11) is 0. The highest BCUT2D eigenvalue weighted by Crippen LogP contribution is 2.30. The summed E-state index contributed by atoms with van der Waals surface area (Å²) in [4.78, 5) is 0. The van der Waals surface area contributed by atoms with Crippen LogP contribution < -0.4 is 0 Å². The molecule has 0 aromatic heterocycles. The van der Waals surface area contributed by atoms with Gasteiger partial charge in [0, 0.05) is 0 Å². The van der Waals surface area contributed by atoms with Crippen LogP contribution in [0.4, 0.5) is 0 Å². The van der Waals surface area contributed by atoms with E-state index in [9.17, 15) is 0 Å². The third-order valence-corrected chi connectivity index (χ3v) is 5.16. The molecule has 0 spiro atoms. The van der Waals surface area contributed by atoms with E-state index in [0.29, 0.717) is 5.41 Å². The van der Waals surface area contributed by atoms with Gasteiger partial charge < -0.3 is 0 Å². The predicted octanol–water partition coefficient (Wildman–Crippen LogP) is 8.68. The lowest BCUT2D eigenvalue weighted by Gasteiger charge is -2.24. The Morgan fingerprint density at radius 2 is 0.727 bits per heavy atom. The lowest BCUT2D eigenvalue weighted by molar-refractivity contribution is 0.285. The summed E-state index contributed by atoms with van der Waals surface area (Å²) in [5.41, 5.74) is 0.591. The minimum absolute atomic E-state index is 0.591. The van der Waals surface area contributed by atoms with Crippen LogP contribution in [-0.4, -0.2) is 0 Å². The van der Waals surface area contributed by atoms with Gasteiger partial charge in [0.05, 0.1) is 0 Å².